The van der Waals surface area contributed by atoms with Gasteiger partial charge in [-0.3, -0.25) is 10.1 Å². The first-order chi connectivity index (χ1) is 10.8. The Kier molecular flexibility index (Phi) is 8.12. The van der Waals surface area contributed by atoms with Crippen molar-refractivity contribution in [3.8, 4) is 0 Å². The molecule has 0 amide bonds. The molecule has 0 atom stereocenters. The Balaban J connectivity index is 0.000000377. The van der Waals surface area contributed by atoms with Crippen molar-refractivity contribution in [1.29, 1.82) is 0 Å². The van der Waals surface area contributed by atoms with Crippen molar-refractivity contribution in [3.63, 3.8) is 0 Å². The van der Waals surface area contributed by atoms with E-state index in [1.165, 1.54) is 6.07 Å². The van der Waals surface area contributed by atoms with Gasteiger partial charge in [-0.1, -0.05) is 18.2 Å². The van der Waals surface area contributed by atoms with E-state index >= 15 is 0 Å². The summed E-state index contributed by atoms with van der Waals surface area (Å²) in [4.78, 5) is 10.4. The van der Waals surface area contributed by atoms with Gasteiger partial charge in [0.25, 0.3) is 5.69 Å². The molecule has 0 aliphatic heterocycles. The summed E-state index contributed by atoms with van der Waals surface area (Å²) in [5.41, 5.74) is 4.62. The first-order valence-corrected chi connectivity index (χ1v) is 6.81. The zero-order chi connectivity index (χ0) is 15.6. The smallest absolute Gasteiger partial charge is 0.258 e. The average molecular weight is 345 g/mol. The van der Waals surface area contributed by atoms with E-state index in [2.05, 4.69) is 5.73 Å². The summed E-state index contributed by atoms with van der Waals surface area (Å²) in [6.45, 7) is 0. The third-order valence-corrected chi connectivity index (χ3v) is 2.87. The summed E-state index contributed by atoms with van der Waals surface area (Å²) in [7, 11) is 0. The summed E-state index contributed by atoms with van der Waals surface area (Å²) in [6, 6.07) is 24.3. The first kappa shape index (κ1) is 18.4. The minimum atomic E-state index is -0.393. The van der Waals surface area contributed by atoms with Gasteiger partial charge in [-0.05, 0) is 12.1 Å². The van der Waals surface area contributed by atoms with Gasteiger partial charge in [0, 0.05) is 6.07 Å². The van der Waals surface area contributed by atoms with Crippen molar-refractivity contribution in [2.75, 3.05) is 0 Å². The minimum Gasteiger partial charge on any atom is -0.258 e. The predicted molar refractivity (Wildman–Crippen MR) is 89.6 cm³/mol. The fraction of sp³-hybridized carbons (Fsp3) is 0. The van der Waals surface area contributed by atoms with Gasteiger partial charge in [0.05, 0.1) is 10.5 Å². The van der Waals surface area contributed by atoms with Gasteiger partial charge < -0.3 is 0 Å². The maximum absolute atomic E-state index is 10.8. The molecule has 23 heavy (non-hydrogen) atoms. The molecule has 116 valence electrons. The Bertz CT molecular complexity index is 735. The van der Waals surface area contributed by atoms with Gasteiger partial charge in [-0.2, -0.15) is 42.1 Å². The molecule has 0 N–H and O–H groups in total. The van der Waals surface area contributed by atoms with E-state index in [0.29, 0.717) is 5.56 Å². The van der Waals surface area contributed by atoms with Crippen LogP contribution in [0.3, 0.4) is 0 Å². The molecule has 3 rings (SSSR count). The standard InChI is InChI=1S/C14H10NO2.C5H5.Fe/c16-15(17)14-11-4-3-9-13(14)10-5-8-12-6-1-2-7-12;1-2-4-5-3-1;/h1-4,6-11H;1-5H;/q2*-1;+2. The van der Waals surface area contributed by atoms with E-state index in [4.69, 9.17) is 0 Å². The number of para-hydroxylation sites is 1. The van der Waals surface area contributed by atoms with Crippen LogP contribution in [0.2, 0.25) is 0 Å². The van der Waals surface area contributed by atoms with Crippen molar-refractivity contribution < 1.29 is 22.0 Å². The second-order valence-corrected chi connectivity index (χ2v) is 4.45. The van der Waals surface area contributed by atoms with E-state index in [0.717, 1.165) is 5.56 Å². The van der Waals surface area contributed by atoms with Crippen molar-refractivity contribution in [1.82, 2.24) is 0 Å². The largest absolute Gasteiger partial charge is 2.00 e. The summed E-state index contributed by atoms with van der Waals surface area (Å²) in [6.07, 6.45) is 3.40. The van der Waals surface area contributed by atoms with Crippen LogP contribution < -0.4 is 0 Å². The summed E-state index contributed by atoms with van der Waals surface area (Å²) in [5.74, 6) is 0. The van der Waals surface area contributed by atoms with Crippen LogP contribution in [0, 0.1) is 10.1 Å². The molecule has 3 aromatic rings. The molecule has 0 radical (unpaired) electrons. The Morgan fingerprint density at radius 1 is 0.957 bits per heavy atom. The number of benzene rings is 1. The Labute approximate surface area is 145 Å². The number of hydrogen-bond acceptors (Lipinski definition) is 2. The van der Waals surface area contributed by atoms with Gasteiger partial charge >= 0.3 is 17.1 Å². The Hall–Kier alpha value is -2.64. The summed E-state index contributed by atoms with van der Waals surface area (Å²) >= 11 is 0. The molecule has 0 aromatic heterocycles. The molecule has 0 spiro atoms. The first-order valence-electron chi connectivity index (χ1n) is 6.81. The topological polar surface area (TPSA) is 43.1 Å². The van der Waals surface area contributed by atoms with Crippen LogP contribution in [0.1, 0.15) is 11.1 Å². The maximum Gasteiger partial charge on any atom is 2.00 e. The van der Waals surface area contributed by atoms with E-state index in [9.17, 15) is 10.1 Å². The molecular formula is C19H15FeNO2. The predicted octanol–water partition coefficient (Wildman–Crippen LogP) is 5.04. The number of nitrogens with zero attached hydrogens (tertiary/aromatic N) is 1. The van der Waals surface area contributed by atoms with Crippen molar-refractivity contribution in [2.24, 2.45) is 0 Å². The Morgan fingerprint density at radius 3 is 2.26 bits per heavy atom. The van der Waals surface area contributed by atoms with E-state index in [1.54, 1.807) is 30.4 Å². The van der Waals surface area contributed by atoms with Crippen molar-refractivity contribution in [3.05, 3.63) is 106 Å². The van der Waals surface area contributed by atoms with Crippen LogP contribution in [-0.2, 0) is 17.1 Å². The maximum atomic E-state index is 10.8. The quantitative estimate of drug-likeness (QED) is 0.219. The molecule has 0 bridgehead atoms. The SMILES string of the molecule is O=[N+]([O-])c1ccccc1C=C=Cc1ccc[cH-]1.[Fe+2].c1cc[cH-]c1. The summed E-state index contributed by atoms with van der Waals surface area (Å²) < 4.78 is 0. The molecule has 4 heteroatoms. The second-order valence-electron chi connectivity index (χ2n) is 4.45. The molecule has 0 unspecified atom stereocenters. The van der Waals surface area contributed by atoms with Gasteiger partial charge in [-0.15, -0.1) is 11.6 Å². The number of hydrogen-bond donors (Lipinski definition) is 0. The zero-order valence-electron chi connectivity index (χ0n) is 12.3. The van der Waals surface area contributed by atoms with Gasteiger partial charge in [0.15, 0.2) is 0 Å². The molecule has 3 aromatic carbocycles. The molecule has 0 aliphatic carbocycles. The normalized spacial score (nSPS) is 8.70. The minimum absolute atomic E-state index is 0. The molecule has 0 saturated carbocycles. The van der Waals surface area contributed by atoms with Gasteiger partial charge in [-0.25, -0.2) is 12.1 Å². The number of rotatable bonds is 3. The molecular weight excluding hydrogens is 330 g/mol. The van der Waals surface area contributed by atoms with Crippen LogP contribution in [0.15, 0.2) is 84.6 Å². The fourth-order valence-electron chi connectivity index (χ4n) is 1.81. The van der Waals surface area contributed by atoms with Crippen molar-refractivity contribution in [2.45, 2.75) is 0 Å². The van der Waals surface area contributed by atoms with E-state index in [-0.39, 0.29) is 22.8 Å². The monoisotopic (exact) mass is 345 g/mol. The fourth-order valence-corrected chi connectivity index (χ4v) is 1.81. The third-order valence-electron chi connectivity index (χ3n) is 2.87. The number of nitro groups is 1. The molecule has 0 heterocycles. The molecule has 0 aliphatic rings. The van der Waals surface area contributed by atoms with E-state index in [1.807, 2.05) is 54.6 Å². The molecule has 3 nitrogen and oxygen atoms in total. The average Bonchev–Trinajstić information content (AvgIpc) is 3.24. The molecule has 0 fully saturated rings. The Morgan fingerprint density at radius 2 is 1.70 bits per heavy atom. The van der Waals surface area contributed by atoms with Gasteiger partial charge in [0.2, 0.25) is 0 Å². The van der Waals surface area contributed by atoms with E-state index < -0.39 is 4.92 Å². The van der Waals surface area contributed by atoms with Crippen LogP contribution >= 0.6 is 0 Å². The zero-order valence-corrected chi connectivity index (χ0v) is 13.4. The van der Waals surface area contributed by atoms with Crippen molar-refractivity contribution >= 4 is 17.8 Å². The second kappa shape index (κ2) is 10.1. The molecule has 0 saturated heterocycles. The van der Waals surface area contributed by atoms with Crippen LogP contribution in [0.4, 0.5) is 5.69 Å². The van der Waals surface area contributed by atoms with Gasteiger partial charge in [0.1, 0.15) is 0 Å². The summed E-state index contributed by atoms with van der Waals surface area (Å²) in [5, 5.41) is 10.8. The van der Waals surface area contributed by atoms with Crippen LogP contribution in [-0.4, -0.2) is 4.92 Å². The number of nitro benzene ring substituents is 1. The third kappa shape index (κ3) is 6.33. The van der Waals surface area contributed by atoms with Crippen LogP contribution in [0.25, 0.3) is 12.2 Å². The van der Waals surface area contributed by atoms with Crippen LogP contribution in [0.5, 0.6) is 0 Å².